The highest BCUT2D eigenvalue weighted by Gasteiger charge is 2.28. The summed E-state index contributed by atoms with van der Waals surface area (Å²) in [7, 11) is -3.49. The van der Waals surface area contributed by atoms with E-state index in [0.29, 0.717) is 35.2 Å². The Morgan fingerprint density at radius 3 is 2.46 bits per heavy atom. The molecule has 3 aromatic rings. The van der Waals surface area contributed by atoms with Crippen LogP contribution in [0.1, 0.15) is 19.8 Å². The van der Waals surface area contributed by atoms with E-state index in [-0.39, 0.29) is 5.82 Å². The van der Waals surface area contributed by atoms with Gasteiger partial charge in [0.15, 0.2) is 0 Å². The summed E-state index contributed by atoms with van der Waals surface area (Å²) < 4.78 is 40.5. The molecule has 0 atom stereocenters. The van der Waals surface area contributed by atoms with Crippen molar-refractivity contribution in [2.75, 3.05) is 18.4 Å². The quantitative estimate of drug-likeness (QED) is 0.700. The van der Waals surface area contributed by atoms with Gasteiger partial charge in [0, 0.05) is 24.2 Å². The van der Waals surface area contributed by atoms with Gasteiger partial charge in [0.25, 0.3) is 0 Å². The Bertz CT molecular complexity index is 1090. The fourth-order valence-corrected chi connectivity index (χ4v) is 4.89. The van der Waals surface area contributed by atoms with E-state index >= 15 is 0 Å². The third-order valence-electron chi connectivity index (χ3n) is 5.16. The molecule has 0 saturated carbocycles. The third-order valence-corrected chi connectivity index (χ3v) is 7.05. The first-order valence-corrected chi connectivity index (χ1v) is 10.8. The predicted octanol–water partition coefficient (Wildman–Crippen LogP) is 4.54. The van der Waals surface area contributed by atoms with Gasteiger partial charge in [0.05, 0.1) is 10.4 Å². The summed E-state index contributed by atoms with van der Waals surface area (Å²) in [5.74, 6) is 0.882. The highest BCUT2D eigenvalue weighted by Crippen LogP contribution is 2.26. The maximum atomic E-state index is 13.0. The maximum absolute atomic E-state index is 13.0. The number of hydrogen-bond acceptors (Lipinski definition) is 4. The topological polar surface area (TPSA) is 62.3 Å². The summed E-state index contributed by atoms with van der Waals surface area (Å²) in [6.45, 7) is 3.30. The summed E-state index contributed by atoms with van der Waals surface area (Å²) in [6, 6.07) is 14.7. The first kappa shape index (κ1) is 18.8. The van der Waals surface area contributed by atoms with Crippen LogP contribution in [0.3, 0.4) is 0 Å². The Kier molecular flexibility index (Phi) is 5.03. The predicted molar refractivity (Wildman–Crippen MR) is 109 cm³/mol. The van der Waals surface area contributed by atoms with Crippen LogP contribution in [-0.4, -0.2) is 30.8 Å². The molecule has 0 unspecified atom stereocenters. The Hall–Kier alpha value is -2.51. The number of aromatic nitrogens is 1. The van der Waals surface area contributed by atoms with Crippen molar-refractivity contribution in [3.63, 3.8) is 0 Å². The summed E-state index contributed by atoms with van der Waals surface area (Å²) in [4.78, 5) is 4.83. The second-order valence-electron chi connectivity index (χ2n) is 7.27. The summed E-state index contributed by atoms with van der Waals surface area (Å²) >= 11 is 0. The Balaban J connectivity index is 1.58. The molecule has 0 spiro atoms. The first-order valence-electron chi connectivity index (χ1n) is 9.35. The van der Waals surface area contributed by atoms with Crippen LogP contribution in [0.2, 0.25) is 0 Å². The Morgan fingerprint density at radius 2 is 1.75 bits per heavy atom. The molecule has 5 nitrogen and oxygen atoms in total. The largest absolute Gasteiger partial charge is 0.340 e. The van der Waals surface area contributed by atoms with E-state index in [0.717, 1.165) is 23.9 Å². The van der Waals surface area contributed by atoms with E-state index in [2.05, 4.69) is 17.2 Å². The number of fused-ring (bicyclic) bond motifs is 1. The third kappa shape index (κ3) is 3.86. The minimum atomic E-state index is -3.49. The standard InChI is InChI=1S/C21H22FN3O2S/c1-15-10-12-25(13-11-15)28(26,27)19-7-8-20-16(14-19)2-9-21(24-20)23-18-5-3-17(22)4-6-18/h2-9,14-15H,10-13H2,1H3,(H,23,24). The van der Waals surface area contributed by atoms with Crippen LogP contribution >= 0.6 is 0 Å². The number of halogens is 1. The number of nitrogens with zero attached hydrogens (tertiary/aromatic N) is 2. The summed E-state index contributed by atoms with van der Waals surface area (Å²) in [6.07, 6.45) is 1.79. The number of sulfonamides is 1. The van der Waals surface area contributed by atoms with Gasteiger partial charge in [-0.1, -0.05) is 6.92 Å². The molecule has 0 amide bonds. The number of benzene rings is 2. The van der Waals surface area contributed by atoms with Crippen molar-refractivity contribution < 1.29 is 12.8 Å². The Morgan fingerprint density at radius 1 is 1.04 bits per heavy atom. The van der Waals surface area contributed by atoms with Gasteiger partial charge in [-0.2, -0.15) is 4.31 Å². The zero-order valence-corrected chi connectivity index (χ0v) is 16.4. The van der Waals surface area contributed by atoms with Crippen LogP contribution in [0.4, 0.5) is 15.9 Å². The minimum Gasteiger partial charge on any atom is -0.340 e. The van der Waals surface area contributed by atoms with Crippen molar-refractivity contribution in [2.45, 2.75) is 24.7 Å². The molecule has 1 saturated heterocycles. The molecule has 0 bridgehead atoms. The van der Waals surface area contributed by atoms with Crippen molar-refractivity contribution in [3.05, 3.63) is 60.4 Å². The molecular weight excluding hydrogens is 377 g/mol. The second-order valence-corrected chi connectivity index (χ2v) is 9.21. The average molecular weight is 399 g/mol. The lowest BCUT2D eigenvalue weighted by Crippen LogP contribution is -2.37. The fraction of sp³-hybridized carbons (Fsp3) is 0.286. The summed E-state index contributed by atoms with van der Waals surface area (Å²) in [5.41, 5.74) is 1.42. The number of nitrogens with one attached hydrogen (secondary N) is 1. The van der Waals surface area contributed by atoms with Crippen molar-refractivity contribution in [1.82, 2.24) is 9.29 Å². The number of piperidine rings is 1. The van der Waals surface area contributed by atoms with Crippen LogP contribution < -0.4 is 5.32 Å². The van der Waals surface area contributed by atoms with Gasteiger partial charge in [-0.25, -0.2) is 17.8 Å². The molecule has 2 heterocycles. The van der Waals surface area contributed by atoms with E-state index in [1.54, 1.807) is 40.7 Å². The van der Waals surface area contributed by atoms with E-state index in [4.69, 9.17) is 0 Å². The molecule has 0 radical (unpaired) electrons. The second kappa shape index (κ2) is 7.48. The van der Waals surface area contributed by atoms with Gasteiger partial charge in [-0.05, 0) is 73.4 Å². The van der Waals surface area contributed by atoms with Crippen LogP contribution in [-0.2, 0) is 10.0 Å². The van der Waals surface area contributed by atoms with Crippen LogP contribution in [0.5, 0.6) is 0 Å². The Labute approximate surface area is 164 Å². The molecule has 4 rings (SSSR count). The molecule has 1 aromatic heterocycles. The zero-order chi connectivity index (χ0) is 19.7. The van der Waals surface area contributed by atoms with E-state index in [1.807, 2.05) is 6.07 Å². The smallest absolute Gasteiger partial charge is 0.243 e. The maximum Gasteiger partial charge on any atom is 0.243 e. The monoisotopic (exact) mass is 399 g/mol. The van der Waals surface area contributed by atoms with Crippen molar-refractivity contribution in [2.24, 2.45) is 5.92 Å². The summed E-state index contributed by atoms with van der Waals surface area (Å²) in [5, 5.41) is 3.88. The number of anilines is 2. The minimum absolute atomic E-state index is 0.297. The SMILES string of the molecule is CC1CCN(S(=O)(=O)c2ccc3nc(Nc4ccc(F)cc4)ccc3c2)CC1. The van der Waals surface area contributed by atoms with Crippen LogP contribution in [0.25, 0.3) is 10.9 Å². The van der Waals surface area contributed by atoms with Gasteiger partial charge in [0.2, 0.25) is 10.0 Å². The lowest BCUT2D eigenvalue weighted by Gasteiger charge is -2.29. The number of rotatable bonds is 4. The normalized spacial score (nSPS) is 16.4. The van der Waals surface area contributed by atoms with Crippen molar-refractivity contribution in [1.29, 1.82) is 0 Å². The molecule has 1 aliphatic rings. The molecule has 0 aliphatic carbocycles. The highest BCUT2D eigenvalue weighted by molar-refractivity contribution is 7.89. The lowest BCUT2D eigenvalue weighted by atomic mass is 10.0. The molecule has 7 heteroatoms. The molecule has 1 fully saturated rings. The fourth-order valence-electron chi connectivity index (χ4n) is 3.39. The molecule has 28 heavy (non-hydrogen) atoms. The van der Waals surface area contributed by atoms with Crippen molar-refractivity contribution in [3.8, 4) is 0 Å². The van der Waals surface area contributed by atoms with E-state index in [1.165, 1.54) is 12.1 Å². The molecule has 146 valence electrons. The van der Waals surface area contributed by atoms with Gasteiger partial charge in [-0.15, -0.1) is 0 Å². The van der Waals surface area contributed by atoms with E-state index < -0.39 is 10.0 Å². The average Bonchev–Trinajstić information content (AvgIpc) is 2.69. The van der Waals surface area contributed by atoms with E-state index in [9.17, 15) is 12.8 Å². The van der Waals surface area contributed by atoms with Gasteiger partial charge in [-0.3, -0.25) is 0 Å². The molecule has 2 aromatic carbocycles. The highest BCUT2D eigenvalue weighted by atomic mass is 32.2. The molecular formula is C21H22FN3O2S. The van der Waals surface area contributed by atoms with Gasteiger partial charge < -0.3 is 5.32 Å². The van der Waals surface area contributed by atoms with Crippen molar-refractivity contribution >= 4 is 32.4 Å². The van der Waals surface area contributed by atoms with Crippen LogP contribution in [0.15, 0.2) is 59.5 Å². The molecule has 1 N–H and O–H groups in total. The van der Waals surface area contributed by atoms with Gasteiger partial charge >= 0.3 is 0 Å². The number of pyridine rings is 1. The first-order chi connectivity index (χ1) is 13.4. The van der Waals surface area contributed by atoms with Gasteiger partial charge in [0.1, 0.15) is 11.6 Å². The zero-order valence-electron chi connectivity index (χ0n) is 15.6. The van der Waals surface area contributed by atoms with Crippen LogP contribution in [0, 0.1) is 11.7 Å². The lowest BCUT2D eigenvalue weighted by molar-refractivity contribution is 0.288. The molecule has 1 aliphatic heterocycles. The number of hydrogen-bond donors (Lipinski definition) is 1.